The molecule has 0 radical (unpaired) electrons. The number of carbonyl (C=O) groups excluding carboxylic acids is 1. The summed E-state index contributed by atoms with van der Waals surface area (Å²) in [5.41, 5.74) is -0.386. The summed E-state index contributed by atoms with van der Waals surface area (Å²) in [6.07, 6.45) is 4.10. The quantitative estimate of drug-likeness (QED) is 0.506. The maximum atomic E-state index is 11.3. The Balaban J connectivity index is 2.26. The fourth-order valence-electron chi connectivity index (χ4n) is 1.92. The fraction of sp³-hybridized carbons (Fsp3) is 0.875. The second-order valence-corrected chi connectivity index (χ2v) is 3.49. The SMILES string of the molecule is CC12CCCC(CC1=O)O2. The van der Waals surface area contributed by atoms with Gasteiger partial charge in [-0.05, 0) is 26.2 Å². The number of hydrogen-bond donors (Lipinski definition) is 0. The second-order valence-electron chi connectivity index (χ2n) is 3.49. The molecule has 2 aliphatic heterocycles. The minimum absolute atomic E-state index is 0.256. The van der Waals surface area contributed by atoms with Gasteiger partial charge in [-0.15, -0.1) is 0 Å². The van der Waals surface area contributed by atoms with Crippen molar-refractivity contribution in [2.75, 3.05) is 0 Å². The zero-order valence-corrected chi connectivity index (χ0v) is 6.22. The molecule has 0 aromatic rings. The molecule has 2 bridgehead atoms. The molecular weight excluding hydrogens is 128 g/mol. The van der Waals surface area contributed by atoms with Crippen LogP contribution in [-0.4, -0.2) is 17.5 Å². The summed E-state index contributed by atoms with van der Waals surface area (Å²) in [4.78, 5) is 11.3. The summed E-state index contributed by atoms with van der Waals surface area (Å²) in [5, 5.41) is 0. The normalized spacial score (nSPS) is 46.1. The Morgan fingerprint density at radius 3 is 3.10 bits per heavy atom. The van der Waals surface area contributed by atoms with Gasteiger partial charge >= 0.3 is 0 Å². The molecule has 56 valence electrons. The van der Waals surface area contributed by atoms with E-state index in [1.807, 2.05) is 6.92 Å². The molecule has 0 aromatic carbocycles. The van der Waals surface area contributed by atoms with Gasteiger partial charge in [0.25, 0.3) is 0 Å². The van der Waals surface area contributed by atoms with Crippen LogP contribution in [0.4, 0.5) is 0 Å². The van der Waals surface area contributed by atoms with E-state index in [1.54, 1.807) is 0 Å². The topological polar surface area (TPSA) is 26.3 Å². The highest BCUT2D eigenvalue weighted by atomic mass is 16.5. The number of fused-ring (bicyclic) bond motifs is 2. The van der Waals surface area contributed by atoms with Crippen molar-refractivity contribution < 1.29 is 9.53 Å². The molecule has 0 aliphatic carbocycles. The predicted molar refractivity (Wildman–Crippen MR) is 36.8 cm³/mol. The van der Waals surface area contributed by atoms with Crippen molar-refractivity contribution in [3.05, 3.63) is 0 Å². The third-order valence-corrected chi connectivity index (χ3v) is 2.61. The van der Waals surface area contributed by atoms with E-state index in [-0.39, 0.29) is 11.7 Å². The summed E-state index contributed by atoms with van der Waals surface area (Å²) in [5.74, 6) is 0.315. The molecule has 0 spiro atoms. The van der Waals surface area contributed by atoms with Crippen molar-refractivity contribution in [1.29, 1.82) is 0 Å². The lowest BCUT2D eigenvalue weighted by Gasteiger charge is -2.27. The van der Waals surface area contributed by atoms with E-state index in [2.05, 4.69) is 0 Å². The van der Waals surface area contributed by atoms with Crippen LogP contribution in [0, 0.1) is 0 Å². The van der Waals surface area contributed by atoms with Crippen LogP contribution < -0.4 is 0 Å². The van der Waals surface area contributed by atoms with Crippen LogP contribution in [0.25, 0.3) is 0 Å². The van der Waals surface area contributed by atoms with Crippen LogP contribution >= 0.6 is 0 Å². The molecule has 2 saturated heterocycles. The molecule has 10 heavy (non-hydrogen) atoms. The van der Waals surface area contributed by atoms with E-state index >= 15 is 0 Å². The maximum absolute atomic E-state index is 11.3. The van der Waals surface area contributed by atoms with Crippen LogP contribution in [-0.2, 0) is 9.53 Å². The molecule has 0 amide bonds. The lowest BCUT2D eigenvalue weighted by atomic mass is 9.96. The lowest BCUT2D eigenvalue weighted by molar-refractivity contribution is -0.135. The van der Waals surface area contributed by atoms with Gasteiger partial charge in [0.2, 0.25) is 0 Å². The number of Topliss-reactive ketones (excluding diaryl/α,β-unsaturated/α-hetero) is 1. The van der Waals surface area contributed by atoms with Gasteiger partial charge in [-0.2, -0.15) is 0 Å². The Morgan fingerprint density at radius 2 is 2.50 bits per heavy atom. The van der Waals surface area contributed by atoms with Crippen molar-refractivity contribution in [2.45, 2.75) is 44.3 Å². The Bertz CT molecular complexity index is 176. The summed E-state index contributed by atoms with van der Waals surface area (Å²) in [7, 11) is 0. The highest BCUT2D eigenvalue weighted by Gasteiger charge is 2.46. The standard InChI is InChI=1S/C8H12O2/c1-8-4-2-3-6(10-8)5-7(8)9/h6H,2-5H2,1H3. The van der Waals surface area contributed by atoms with Crippen molar-refractivity contribution in [3.8, 4) is 0 Å². The smallest absolute Gasteiger partial charge is 0.166 e. The van der Waals surface area contributed by atoms with Crippen LogP contribution in [0.15, 0.2) is 0 Å². The molecule has 2 atom stereocenters. The van der Waals surface area contributed by atoms with E-state index in [0.717, 1.165) is 19.3 Å². The first kappa shape index (κ1) is 6.35. The number of hydrogen-bond acceptors (Lipinski definition) is 2. The monoisotopic (exact) mass is 140 g/mol. The molecule has 0 N–H and O–H groups in total. The lowest BCUT2D eigenvalue weighted by Crippen LogP contribution is -2.34. The molecule has 2 rings (SSSR count). The Hall–Kier alpha value is -0.370. The summed E-state index contributed by atoms with van der Waals surface area (Å²) < 4.78 is 5.55. The summed E-state index contributed by atoms with van der Waals surface area (Å²) in [6.45, 7) is 1.93. The van der Waals surface area contributed by atoms with Crippen molar-refractivity contribution in [3.63, 3.8) is 0 Å². The highest BCUT2D eigenvalue weighted by Crippen LogP contribution is 2.37. The molecule has 2 unspecified atom stereocenters. The van der Waals surface area contributed by atoms with E-state index < -0.39 is 0 Å². The number of ketones is 1. The molecule has 2 nitrogen and oxygen atoms in total. The van der Waals surface area contributed by atoms with Crippen LogP contribution in [0.2, 0.25) is 0 Å². The largest absolute Gasteiger partial charge is 0.364 e. The van der Waals surface area contributed by atoms with Gasteiger partial charge in [0.1, 0.15) is 5.60 Å². The zero-order valence-electron chi connectivity index (χ0n) is 6.22. The van der Waals surface area contributed by atoms with Gasteiger partial charge in [-0.25, -0.2) is 0 Å². The average Bonchev–Trinajstić information content (AvgIpc) is 2.04. The molecule has 2 aliphatic rings. The third kappa shape index (κ3) is 0.717. The first-order valence-electron chi connectivity index (χ1n) is 3.92. The molecule has 2 heterocycles. The van der Waals surface area contributed by atoms with Crippen molar-refractivity contribution in [2.24, 2.45) is 0 Å². The first-order chi connectivity index (χ1) is 4.71. The predicted octanol–water partition coefficient (Wildman–Crippen LogP) is 1.29. The molecule has 0 saturated carbocycles. The Labute approximate surface area is 60.6 Å². The Morgan fingerprint density at radius 1 is 1.70 bits per heavy atom. The van der Waals surface area contributed by atoms with E-state index in [9.17, 15) is 4.79 Å². The average molecular weight is 140 g/mol. The van der Waals surface area contributed by atoms with Crippen molar-refractivity contribution >= 4 is 5.78 Å². The number of rotatable bonds is 0. The molecule has 0 aromatic heterocycles. The van der Waals surface area contributed by atoms with Gasteiger partial charge in [0, 0.05) is 6.42 Å². The minimum Gasteiger partial charge on any atom is -0.364 e. The fourth-order valence-corrected chi connectivity index (χ4v) is 1.92. The number of carbonyl (C=O) groups is 1. The summed E-state index contributed by atoms with van der Waals surface area (Å²) in [6, 6.07) is 0. The molecule has 2 heteroatoms. The van der Waals surface area contributed by atoms with E-state index in [0.29, 0.717) is 12.2 Å². The van der Waals surface area contributed by atoms with Crippen molar-refractivity contribution in [1.82, 2.24) is 0 Å². The highest BCUT2D eigenvalue weighted by molar-refractivity contribution is 5.89. The maximum Gasteiger partial charge on any atom is 0.166 e. The molecule has 2 fully saturated rings. The number of ether oxygens (including phenoxy) is 1. The van der Waals surface area contributed by atoms with Gasteiger partial charge in [-0.3, -0.25) is 4.79 Å². The van der Waals surface area contributed by atoms with Gasteiger partial charge in [-0.1, -0.05) is 0 Å². The van der Waals surface area contributed by atoms with Gasteiger partial charge in [0.15, 0.2) is 5.78 Å². The molecular formula is C8H12O2. The van der Waals surface area contributed by atoms with E-state index in [4.69, 9.17) is 4.74 Å². The van der Waals surface area contributed by atoms with Crippen LogP contribution in [0.3, 0.4) is 0 Å². The Kier molecular flexibility index (Phi) is 1.15. The first-order valence-corrected chi connectivity index (χ1v) is 3.92. The van der Waals surface area contributed by atoms with Gasteiger partial charge in [0.05, 0.1) is 6.10 Å². The van der Waals surface area contributed by atoms with Crippen LogP contribution in [0.1, 0.15) is 32.6 Å². The third-order valence-electron chi connectivity index (χ3n) is 2.61. The van der Waals surface area contributed by atoms with E-state index in [1.165, 1.54) is 0 Å². The zero-order chi connectivity index (χ0) is 7.19. The second kappa shape index (κ2) is 1.82. The summed E-state index contributed by atoms with van der Waals surface area (Å²) >= 11 is 0. The van der Waals surface area contributed by atoms with Crippen LogP contribution in [0.5, 0.6) is 0 Å². The minimum atomic E-state index is -0.386. The van der Waals surface area contributed by atoms with Gasteiger partial charge < -0.3 is 4.74 Å².